The Bertz CT molecular complexity index is 599. The first-order valence-corrected chi connectivity index (χ1v) is 6.65. The maximum Gasteiger partial charge on any atom is 0.217 e. The van der Waals surface area contributed by atoms with Crippen molar-refractivity contribution in [1.82, 2.24) is 4.98 Å². The number of unbranched alkanes of at least 4 members (excludes halogenated alkanes) is 1. The number of pyridine rings is 1. The number of hydrogen-bond donors (Lipinski definition) is 2. The smallest absolute Gasteiger partial charge is 0.217 e. The van der Waals surface area contributed by atoms with Crippen LogP contribution in [0.1, 0.15) is 19.3 Å². The van der Waals surface area contributed by atoms with E-state index >= 15 is 0 Å². The molecule has 0 aliphatic heterocycles. The monoisotopic (exact) mass is 273 g/mol. The van der Waals surface area contributed by atoms with Crippen LogP contribution in [0.15, 0.2) is 30.5 Å². The normalized spacial score (nSPS) is 10.4. The van der Waals surface area contributed by atoms with Crippen molar-refractivity contribution >= 4 is 22.5 Å². The number of nitrogens with one attached hydrogen (secondary N) is 1. The van der Waals surface area contributed by atoms with Gasteiger partial charge in [-0.2, -0.15) is 0 Å². The first-order valence-electron chi connectivity index (χ1n) is 6.65. The maximum atomic E-state index is 10.6. The molecule has 20 heavy (non-hydrogen) atoms. The van der Waals surface area contributed by atoms with Crippen LogP contribution in [0.3, 0.4) is 0 Å². The van der Waals surface area contributed by atoms with Gasteiger partial charge in [0.2, 0.25) is 5.91 Å². The van der Waals surface area contributed by atoms with Gasteiger partial charge in [-0.3, -0.25) is 4.79 Å². The fourth-order valence-corrected chi connectivity index (χ4v) is 2.05. The molecule has 0 aliphatic rings. The first-order chi connectivity index (χ1) is 9.70. The summed E-state index contributed by atoms with van der Waals surface area (Å²) in [5.74, 6) is 1.43. The van der Waals surface area contributed by atoms with Crippen molar-refractivity contribution in [2.75, 3.05) is 19.0 Å². The number of carbonyl (C=O) groups excluding carboxylic acids is 1. The highest BCUT2D eigenvalue weighted by Crippen LogP contribution is 2.25. The standard InChI is InChI=1S/C15H19N3O2/c1-20-12-5-6-13-11(10-12)7-9-18-15(13)17-8-3-2-4-14(16)19/h5-7,9-10H,2-4,8H2,1H3,(H2,16,19)(H,17,18). The fraction of sp³-hybridized carbons (Fsp3) is 0.333. The van der Waals surface area contributed by atoms with Gasteiger partial charge in [0.05, 0.1) is 7.11 Å². The minimum Gasteiger partial charge on any atom is -0.497 e. The van der Waals surface area contributed by atoms with E-state index in [0.717, 1.165) is 41.7 Å². The van der Waals surface area contributed by atoms with E-state index in [1.54, 1.807) is 13.3 Å². The van der Waals surface area contributed by atoms with Gasteiger partial charge in [-0.25, -0.2) is 4.98 Å². The van der Waals surface area contributed by atoms with E-state index in [0.29, 0.717) is 6.42 Å². The summed E-state index contributed by atoms with van der Waals surface area (Å²) in [7, 11) is 1.65. The van der Waals surface area contributed by atoms with Gasteiger partial charge in [-0.15, -0.1) is 0 Å². The van der Waals surface area contributed by atoms with E-state index in [-0.39, 0.29) is 5.91 Å². The van der Waals surface area contributed by atoms with Crippen molar-refractivity contribution in [2.24, 2.45) is 5.73 Å². The predicted octanol–water partition coefficient (Wildman–Crippen LogP) is 2.31. The van der Waals surface area contributed by atoms with Crippen molar-refractivity contribution in [3.8, 4) is 5.75 Å². The molecule has 0 fully saturated rings. The number of aromatic nitrogens is 1. The van der Waals surface area contributed by atoms with Gasteiger partial charge in [0, 0.05) is 24.5 Å². The Hall–Kier alpha value is -2.30. The number of rotatable bonds is 7. The van der Waals surface area contributed by atoms with Crippen LogP contribution in [0.5, 0.6) is 5.75 Å². The molecule has 3 N–H and O–H groups in total. The quantitative estimate of drug-likeness (QED) is 0.759. The van der Waals surface area contributed by atoms with Crippen LogP contribution in [-0.4, -0.2) is 24.5 Å². The van der Waals surface area contributed by atoms with Crippen LogP contribution < -0.4 is 15.8 Å². The van der Waals surface area contributed by atoms with Crippen LogP contribution in [0.2, 0.25) is 0 Å². The minimum atomic E-state index is -0.250. The number of primary amides is 1. The number of ether oxygens (including phenoxy) is 1. The summed E-state index contributed by atoms with van der Waals surface area (Å²) in [6.45, 7) is 0.769. The highest BCUT2D eigenvalue weighted by molar-refractivity contribution is 5.92. The molecule has 0 saturated carbocycles. The molecule has 1 amide bonds. The number of anilines is 1. The van der Waals surface area contributed by atoms with Gasteiger partial charge < -0.3 is 15.8 Å². The van der Waals surface area contributed by atoms with Gasteiger partial charge in [0.15, 0.2) is 0 Å². The molecule has 0 bridgehead atoms. The van der Waals surface area contributed by atoms with Gasteiger partial charge >= 0.3 is 0 Å². The van der Waals surface area contributed by atoms with Crippen molar-refractivity contribution in [3.05, 3.63) is 30.5 Å². The average molecular weight is 273 g/mol. The van der Waals surface area contributed by atoms with Crippen LogP contribution in [0, 0.1) is 0 Å². The van der Waals surface area contributed by atoms with E-state index in [9.17, 15) is 4.79 Å². The molecule has 0 radical (unpaired) electrons. The number of methoxy groups -OCH3 is 1. The lowest BCUT2D eigenvalue weighted by molar-refractivity contribution is -0.118. The molecule has 0 atom stereocenters. The molecule has 0 aliphatic carbocycles. The van der Waals surface area contributed by atoms with Crippen LogP contribution in [-0.2, 0) is 4.79 Å². The van der Waals surface area contributed by atoms with Crippen LogP contribution >= 0.6 is 0 Å². The average Bonchev–Trinajstić information content (AvgIpc) is 2.46. The maximum absolute atomic E-state index is 10.6. The summed E-state index contributed by atoms with van der Waals surface area (Å²) < 4.78 is 5.21. The number of nitrogens with zero attached hydrogens (tertiary/aromatic N) is 1. The third-order valence-electron chi connectivity index (χ3n) is 3.11. The van der Waals surface area contributed by atoms with Crippen molar-refractivity contribution in [3.63, 3.8) is 0 Å². The van der Waals surface area contributed by atoms with Crippen LogP contribution in [0.25, 0.3) is 10.8 Å². The summed E-state index contributed by atoms with van der Waals surface area (Å²) in [6.07, 6.45) is 3.88. The Morgan fingerprint density at radius 1 is 1.35 bits per heavy atom. The molecule has 1 aromatic heterocycles. The van der Waals surface area contributed by atoms with E-state index in [4.69, 9.17) is 10.5 Å². The van der Waals surface area contributed by atoms with E-state index in [1.165, 1.54) is 0 Å². The zero-order valence-electron chi connectivity index (χ0n) is 11.6. The Labute approximate surface area is 118 Å². The summed E-state index contributed by atoms with van der Waals surface area (Å²) in [5, 5.41) is 5.44. The minimum absolute atomic E-state index is 0.250. The lowest BCUT2D eigenvalue weighted by Crippen LogP contribution is -2.11. The number of amides is 1. The Morgan fingerprint density at radius 3 is 2.95 bits per heavy atom. The molecule has 2 rings (SSSR count). The Kier molecular flexibility index (Phi) is 4.76. The number of benzene rings is 1. The lowest BCUT2D eigenvalue weighted by Gasteiger charge is -2.09. The molecule has 5 heteroatoms. The zero-order chi connectivity index (χ0) is 14.4. The number of hydrogen-bond acceptors (Lipinski definition) is 4. The van der Waals surface area contributed by atoms with Crippen LogP contribution in [0.4, 0.5) is 5.82 Å². The van der Waals surface area contributed by atoms with E-state index in [2.05, 4.69) is 10.3 Å². The van der Waals surface area contributed by atoms with Gasteiger partial charge in [-0.1, -0.05) is 0 Å². The van der Waals surface area contributed by atoms with Gasteiger partial charge in [0.1, 0.15) is 11.6 Å². The first kappa shape index (κ1) is 14.1. The number of fused-ring (bicyclic) bond motifs is 1. The molecule has 5 nitrogen and oxygen atoms in total. The molecule has 1 aromatic carbocycles. The zero-order valence-corrected chi connectivity index (χ0v) is 11.6. The number of nitrogens with two attached hydrogens (primary N) is 1. The molecule has 0 spiro atoms. The second kappa shape index (κ2) is 6.75. The van der Waals surface area contributed by atoms with E-state index in [1.807, 2.05) is 24.3 Å². The van der Waals surface area contributed by atoms with Gasteiger partial charge in [-0.05, 0) is 42.5 Å². The molecular formula is C15H19N3O2. The topological polar surface area (TPSA) is 77.2 Å². The largest absolute Gasteiger partial charge is 0.497 e. The Balaban J connectivity index is 2.01. The highest BCUT2D eigenvalue weighted by Gasteiger charge is 2.03. The second-order valence-electron chi connectivity index (χ2n) is 4.60. The lowest BCUT2D eigenvalue weighted by atomic mass is 10.1. The third kappa shape index (κ3) is 3.60. The molecule has 0 saturated heterocycles. The Morgan fingerprint density at radius 2 is 2.20 bits per heavy atom. The number of carbonyl (C=O) groups is 1. The molecule has 0 unspecified atom stereocenters. The predicted molar refractivity (Wildman–Crippen MR) is 79.8 cm³/mol. The molecule has 2 aromatic rings. The van der Waals surface area contributed by atoms with Gasteiger partial charge in [0.25, 0.3) is 0 Å². The summed E-state index contributed by atoms with van der Waals surface area (Å²) in [5.41, 5.74) is 5.10. The SMILES string of the molecule is COc1ccc2c(NCCCCC(N)=O)nccc2c1. The van der Waals surface area contributed by atoms with Crippen molar-refractivity contribution in [2.45, 2.75) is 19.3 Å². The fourth-order valence-electron chi connectivity index (χ4n) is 2.05. The summed E-state index contributed by atoms with van der Waals surface area (Å²) in [6, 6.07) is 7.85. The molecule has 1 heterocycles. The van der Waals surface area contributed by atoms with Crippen molar-refractivity contribution < 1.29 is 9.53 Å². The summed E-state index contributed by atoms with van der Waals surface area (Å²) in [4.78, 5) is 15.0. The molecular weight excluding hydrogens is 254 g/mol. The van der Waals surface area contributed by atoms with Crippen molar-refractivity contribution in [1.29, 1.82) is 0 Å². The third-order valence-corrected chi connectivity index (χ3v) is 3.11. The molecule has 106 valence electrons. The van der Waals surface area contributed by atoms with E-state index < -0.39 is 0 Å². The highest BCUT2D eigenvalue weighted by atomic mass is 16.5. The second-order valence-corrected chi connectivity index (χ2v) is 4.60. The summed E-state index contributed by atoms with van der Waals surface area (Å²) >= 11 is 0.